The van der Waals surface area contributed by atoms with Crippen LogP contribution in [0.2, 0.25) is 0 Å². The maximum Gasteiger partial charge on any atom is 0.276 e. The Hall–Kier alpha value is -2.82. The molecule has 1 N–H and O–H groups in total. The standard InChI is InChI=1S/C22H25FN6O3.ClH/c23-15-1-2-18-19(11-15)29(21(30)14-25-18)8-7-28-5-3-16(4-6-28)24-13-17-12-20-22(27-26-17)32-10-9-31-20;/h1-2,11-12,14,16,24H,3-10,13H2;1H. The molecule has 9 nitrogen and oxygen atoms in total. The van der Waals surface area contributed by atoms with E-state index in [-0.39, 0.29) is 23.8 Å². The van der Waals surface area contributed by atoms with Crippen LogP contribution in [0, 0.1) is 5.82 Å². The first kappa shape index (κ1) is 23.3. The molecule has 33 heavy (non-hydrogen) atoms. The van der Waals surface area contributed by atoms with Crippen LogP contribution in [0.4, 0.5) is 4.39 Å². The van der Waals surface area contributed by atoms with Crippen LogP contribution in [0.15, 0.2) is 35.3 Å². The molecule has 4 heterocycles. The van der Waals surface area contributed by atoms with Crippen LogP contribution in [0.25, 0.3) is 11.0 Å². The van der Waals surface area contributed by atoms with Crippen molar-refractivity contribution in [2.75, 3.05) is 32.8 Å². The van der Waals surface area contributed by atoms with E-state index in [9.17, 15) is 9.18 Å². The van der Waals surface area contributed by atoms with Crippen molar-refractivity contribution in [3.63, 3.8) is 0 Å². The van der Waals surface area contributed by atoms with Gasteiger partial charge in [-0.15, -0.1) is 17.5 Å². The van der Waals surface area contributed by atoms with Gasteiger partial charge in [0.25, 0.3) is 11.4 Å². The number of halogens is 2. The van der Waals surface area contributed by atoms with E-state index >= 15 is 0 Å². The second-order valence-corrected chi connectivity index (χ2v) is 8.08. The molecule has 0 atom stereocenters. The molecule has 3 aromatic rings. The Balaban J connectivity index is 0.00000259. The zero-order chi connectivity index (χ0) is 21.9. The van der Waals surface area contributed by atoms with Crippen LogP contribution in [0.1, 0.15) is 18.5 Å². The number of aromatic nitrogens is 4. The maximum absolute atomic E-state index is 13.7. The highest BCUT2D eigenvalue weighted by Crippen LogP contribution is 2.26. The summed E-state index contributed by atoms with van der Waals surface area (Å²) in [5, 5.41) is 11.8. The molecule has 2 aliphatic heterocycles. The quantitative estimate of drug-likeness (QED) is 0.575. The molecule has 176 valence electrons. The number of hydrogen-bond donors (Lipinski definition) is 1. The third-order valence-corrected chi connectivity index (χ3v) is 5.97. The van der Waals surface area contributed by atoms with Crippen LogP contribution < -0.4 is 20.3 Å². The third-order valence-electron chi connectivity index (χ3n) is 5.97. The molecule has 11 heteroatoms. The minimum Gasteiger partial charge on any atom is -0.484 e. The Morgan fingerprint density at radius 3 is 2.76 bits per heavy atom. The first-order valence-corrected chi connectivity index (χ1v) is 10.9. The molecule has 1 fully saturated rings. The predicted octanol–water partition coefficient (Wildman–Crippen LogP) is 1.77. The summed E-state index contributed by atoms with van der Waals surface area (Å²) in [4.78, 5) is 18.7. The van der Waals surface area contributed by atoms with E-state index in [0.29, 0.717) is 55.0 Å². The molecule has 0 aliphatic carbocycles. The summed E-state index contributed by atoms with van der Waals surface area (Å²) in [5.41, 5.74) is 1.78. The fourth-order valence-corrected chi connectivity index (χ4v) is 4.20. The van der Waals surface area contributed by atoms with Crippen molar-refractivity contribution in [1.29, 1.82) is 0 Å². The van der Waals surface area contributed by atoms with E-state index in [1.54, 1.807) is 10.6 Å². The van der Waals surface area contributed by atoms with Crippen LogP contribution in [-0.4, -0.2) is 63.5 Å². The van der Waals surface area contributed by atoms with Crippen molar-refractivity contribution >= 4 is 23.4 Å². The monoisotopic (exact) mass is 476 g/mol. The summed E-state index contributed by atoms with van der Waals surface area (Å²) < 4.78 is 26.3. The number of rotatable bonds is 6. The summed E-state index contributed by atoms with van der Waals surface area (Å²) in [6.07, 6.45) is 3.30. The van der Waals surface area contributed by atoms with Crippen molar-refractivity contribution in [2.45, 2.75) is 32.0 Å². The van der Waals surface area contributed by atoms with Gasteiger partial charge in [0.05, 0.1) is 22.9 Å². The number of likely N-dealkylation sites (tertiary alicyclic amines) is 1. The number of nitrogens with one attached hydrogen (secondary N) is 1. The fraction of sp³-hybridized carbons (Fsp3) is 0.455. The molecule has 0 amide bonds. The Labute approximate surface area is 196 Å². The number of piperidine rings is 1. The molecule has 0 spiro atoms. The summed E-state index contributed by atoms with van der Waals surface area (Å²) in [5.74, 6) is 0.738. The second kappa shape index (κ2) is 10.4. The number of ether oxygens (including phenoxy) is 2. The van der Waals surface area contributed by atoms with Crippen LogP contribution in [0.3, 0.4) is 0 Å². The fourth-order valence-electron chi connectivity index (χ4n) is 4.20. The zero-order valence-electron chi connectivity index (χ0n) is 18.1. The van der Waals surface area contributed by atoms with E-state index in [4.69, 9.17) is 9.47 Å². The topological polar surface area (TPSA) is 94.4 Å². The van der Waals surface area contributed by atoms with E-state index < -0.39 is 0 Å². The molecule has 1 aromatic carbocycles. The van der Waals surface area contributed by atoms with Gasteiger partial charge in [-0.2, -0.15) is 5.10 Å². The van der Waals surface area contributed by atoms with Gasteiger partial charge in [-0.05, 0) is 44.1 Å². The van der Waals surface area contributed by atoms with E-state index in [0.717, 1.165) is 38.2 Å². The average molecular weight is 477 g/mol. The van der Waals surface area contributed by atoms with E-state index in [2.05, 4.69) is 25.4 Å². The van der Waals surface area contributed by atoms with Crippen LogP contribution in [-0.2, 0) is 13.1 Å². The second-order valence-electron chi connectivity index (χ2n) is 8.08. The highest BCUT2D eigenvalue weighted by Gasteiger charge is 2.20. The Morgan fingerprint density at radius 2 is 1.91 bits per heavy atom. The minimum absolute atomic E-state index is 0. The molecular weight excluding hydrogens is 451 g/mol. The highest BCUT2D eigenvalue weighted by molar-refractivity contribution is 5.85. The van der Waals surface area contributed by atoms with E-state index in [1.807, 2.05) is 6.07 Å². The molecule has 5 rings (SSSR count). The van der Waals surface area contributed by atoms with Gasteiger partial charge in [-0.1, -0.05) is 0 Å². The molecule has 1 saturated heterocycles. The SMILES string of the molecule is Cl.O=c1cnc2ccc(F)cc2n1CCN1CCC(NCc2cc3c(nn2)OCCO3)CC1. The number of benzene rings is 1. The van der Waals surface area contributed by atoms with Crippen LogP contribution >= 0.6 is 12.4 Å². The lowest BCUT2D eigenvalue weighted by molar-refractivity contribution is 0.161. The normalized spacial score (nSPS) is 16.5. The molecular formula is C22H26ClFN6O3. The summed E-state index contributed by atoms with van der Waals surface area (Å²) in [6.45, 7) is 4.74. The van der Waals surface area contributed by atoms with Gasteiger partial charge in [0.2, 0.25) is 0 Å². The Morgan fingerprint density at radius 1 is 1.09 bits per heavy atom. The van der Waals surface area contributed by atoms with Gasteiger partial charge < -0.3 is 24.3 Å². The smallest absolute Gasteiger partial charge is 0.276 e. The predicted molar refractivity (Wildman–Crippen MR) is 123 cm³/mol. The summed E-state index contributed by atoms with van der Waals surface area (Å²) in [7, 11) is 0. The lowest BCUT2D eigenvalue weighted by Gasteiger charge is -2.32. The summed E-state index contributed by atoms with van der Waals surface area (Å²) in [6, 6.07) is 6.60. The molecule has 0 radical (unpaired) electrons. The first-order valence-electron chi connectivity index (χ1n) is 10.9. The lowest BCUT2D eigenvalue weighted by Crippen LogP contribution is -2.43. The molecule has 0 unspecified atom stereocenters. The maximum atomic E-state index is 13.7. The van der Waals surface area contributed by atoms with Crippen molar-refractivity contribution < 1.29 is 13.9 Å². The molecule has 0 saturated carbocycles. The first-order chi connectivity index (χ1) is 15.7. The van der Waals surface area contributed by atoms with Gasteiger partial charge in [-0.25, -0.2) is 9.37 Å². The van der Waals surface area contributed by atoms with E-state index in [1.165, 1.54) is 18.3 Å². The lowest BCUT2D eigenvalue weighted by atomic mass is 10.0. The molecule has 2 aromatic heterocycles. The van der Waals surface area contributed by atoms with Crippen molar-refractivity contribution in [1.82, 2.24) is 30.0 Å². The van der Waals surface area contributed by atoms with Crippen molar-refractivity contribution in [3.8, 4) is 11.6 Å². The third kappa shape index (κ3) is 5.40. The van der Waals surface area contributed by atoms with Gasteiger partial charge in [0, 0.05) is 31.7 Å². The largest absolute Gasteiger partial charge is 0.484 e. The van der Waals surface area contributed by atoms with Gasteiger partial charge in [0.1, 0.15) is 19.0 Å². The van der Waals surface area contributed by atoms with Gasteiger partial charge in [-0.3, -0.25) is 4.79 Å². The Bertz CT molecular complexity index is 1170. The minimum atomic E-state index is -0.367. The molecule has 0 bridgehead atoms. The van der Waals surface area contributed by atoms with Gasteiger partial charge >= 0.3 is 0 Å². The zero-order valence-corrected chi connectivity index (χ0v) is 18.9. The molecule has 2 aliphatic rings. The van der Waals surface area contributed by atoms with Gasteiger partial charge in [0.15, 0.2) is 5.75 Å². The average Bonchev–Trinajstić information content (AvgIpc) is 2.82. The number of nitrogens with zero attached hydrogens (tertiary/aromatic N) is 5. The highest BCUT2D eigenvalue weighted by atomic mass is 35.5. The number of fused-ring (bicyclic) bond motifs is 2. The number of hydrogen-bond acceptors (Lipinski definition) is 8. The Kier molecular flexibility index (Phi) is 7.36. The summed E-state index contributed by atoms with van der Waals surface area (Å²) >= 11 is 0. The van der Waals surface area contributed by atoms with Crippen molar-refractivity contribution in [2.24, 2.45) is 0 Å². The van der Waals surface area contributed by atoms with Crippen LogP contribution in [0.5, 0.6) is 11.6 Å². The van der Waals surface area contributed by atoms with Crippen molar-refractivity contribution in [3.05, 3.63) is 52.3 Å².